The quantitative estimate of drug-likeness (QED) is 0.0634. The number of ether oxygens (including phenoxy) is 10. The number of hydrogen-bond donors (Lipinski definition) is 26. The Balaban J connectivity index is 1.03. The largest absolute Gasteiger partial charge is 0.504 e. The molecule has 0 aromatic heterocycles. The summed E-state index contributed by atoms with van der Waals surface area (Å²) in [6.45, 7) is -2.96. The molecule has 0 unspecified atom stereocenters. The number of aliphatic hydroxyl groups excluding tert-OH is 2. The van der Waals surface area contributed by atoms with Gasteiger partial charge in [0.15, 0.2) is 116 Å². The van der Waals surface area contributed by atoms with E-state index in [1.165, 1.54) is 0 Å². The summed E-state index contributed by atoms with van der Waals surface area (Å²) in [6.07, 6.45) is -27.5. The van der Waals surface area contributed by atoms with Gasteiger partial charge in [0, 0.05) is 44.5 Å². The summed E-state index contributed by atoms with van der Waals surface area (Å²) in [7, 11) is 0. The summed E-state index contributed by atoms with van der Waals surface area (Å²) in [5, 5.41) is 290. The smallest absolute Gasteiger partial charge is 0.341 e. The minimum atomic E-state index is -3.18. The van der Waals surface area contributed by atoms with Crippen molar-refractivity contribution in [3.63, 3.8) is 0 Å². The number of cyclic esters (lactones) is 1. The minimum absolute atomic E-state index is 0.0180. The first-order chi connectivity index (χ1) is 52.7. The van der Waals surface area contributed by atoms with Gasteiger partial charge in [-0.15, -0.1) is 0 Å². The SMILES string of the molecule is O=C(O[C@@H]1O[C@H](CO)[C@@H](O)[C@@H]2OC(=O)c3cc(O)c(O)c(O)c3-c3c(O)c(O)c(O)c(-c4c(C(=O)O[C@@H]5O[C@@H]6COC(=O)c7cc(O)c(O)c(O)c7-c7c(cc(O)c(O)c7O)C(=O)O[C@H]6[C@@H]6OC(=O)c7cc(O)c(O)c(O)c7-c7c(cc(O)c(O)c7O)C(=O)O[C@@H]56)cc(O)c(O)c4O)c3C(=O)O[C@@H]12)c1cc(O)c(O)c(O)c1. The molecule has 584 valence electrons. The Morgan fingerprint density at radius 1 is 0.312 bits per heavy atom. The zero-order valence-corrected chi connectivity index (χ0v) is 54.8. The fraction of sp³-hybridized carbons (Fsp3) is 0.176. The lowest BCUT2D eigenvalue weighted by molar-refractivity contribution is -0.283. The first-order valence-electron chi connectivity index (χ1n) is 31.2. The predicted molar refractivity (Wildman–Crippen MR) is 345 cm³/mol. The first kappa shape index (κ1) is 74.8. The Morgan fingerprint density at radius 2 is 0.625 bits per heavy atom. The molecule has 2 saturated heterocycles. The number of phenolic OH excluding ortho intramolecular Hbond substituents is 24. The number of carbonyl (C=O) groups is 8. The van der Waals surface area contributed by atoms with E-state index in [2.05, 4.69) is 0 Å². The topological polar surface area (TPSA) is 755 Å². The van der Waals surface area contributed by atoms with Gasteiger partial charge >= 0.3 is 47.8 Å². The normalized spacial score (nSPS) is 21.3. The van der Waals surface area contributed by atoms with E-state index < -0.39 is 349 Å². The van der Waals surface area contributed by atoms with Gasteiger partial charge in [0.1, 0.15) is 24.9 Å². The molecular weight excluding hydrogens is 1520 g/mol. The maximum Gasteiger partial charge on any atom is 0.341 e. The fourth-order valence-corrected chi connectivity index (χ4v) is 12.9. The molecule has 10 atom stereocenters. The van der Waals surface area contributed by atoms with Crippen molar-refractivity contribution in [3.8, 4) is 182 Å². The molecule has 13 rings (SSSR count). The lowest BCUT2D eigenvalue weighted by Crippen LogP contribution is -2.63. The Labute approximate surface area is 614 Å². The predicted octanol–water partition coefficient (Wildman–Crippen LogP) is 1.33. The van der Waals surface area contributed by atoms with E-state index in [0.29, 0.717) is 18.2 Å². The van der Waals surface area contributed by atoms with Gasteiger partial charge in [-0.2, -0.15) is 0 Å². The highest BCUT2D eigenvalue weighted by molar-refractivity contribution is 6.16. The third kappa shape index (κ3) is 11.6. The Kier molecular flexibility index (Phi) is 17.9. The molecule has 8 aromatic carbocycles. The Morgan fingerprint density at radius 3 is 1.05 bits per heavy atom. The van der Waals surface area contributed by atoms with Crippen molar-refractivity contribution in [1.29, 1.82) is 0 Å². The molecule has 0 radical (unpaired) electrons. The maximum atomic E-state index is 15.8. The summed E-state index contributed by atoms with van der Waals surface area (Å²) in [5.41, 5.74) is -23.1. The number of rotatable bonds is 6. The van der Waals surface area contributed by atoms with Gasteiger partial charge in [0.05, 0.1) is 51.1 Å². The van der Waals surface area contributed by atoms with Crippen LogP contribution in [0.1, 0.15) is 82.9 Å². The van der Waals surface area contributed by atoms with E-state index in [1.54, 1.807) is 0 Å². The summed E-state index contributed by atoms with van der Waals surface area (Å²) in [6, 6.07) is 2.22. The highest BCUT2D eigenvalue weighted by Gasteiger charge is 2.58. The highest BCUT2D eigenvalue weighted by atomic mass is 16.8. The second-order valence-corrected chi connectivity index (χ2v) is 24.6. The van der Waals surface area contributed by atoms with Gasteiger partial charge in [-0.1, -0.05) is 0 Å². The van der Waals surface area contributed by atoms with Crippen LogP contribution in [-0.4, -0.2) is 255 Å². The van der Waals surface area contributed by atoms with E-state index in [-0.39, 0.29) is 30.3 Å². The molecule has 0 spiro atoms. The van der Waals surface area contributed by atoms with Crippen LogP contribution in [0, 0.1) is 0 Å². The van der Waals surface area contributed by atoms with E-state index in [4.69, 9.17) is 47.4 Å². The van der Waals surface area contributed by atoms with E-state index in [0.717, 1.165) is 0 Å². The number of carbonyl (C=O) groups excluding carboxylic acids is 8. The Hall–Kier alpha value is -15.4. The third-order valence-electron chi connectivity index (χ3n) is 18.2. The number of esters is 8. The number of fused-ring (bicyclic) bond motifs is 13. The number of aliphatic hydroxyl groups is 2. The summed E-state index contributed by atoms with van der Waals surface area (Å²) in [5.74, 6) is -55.4. The molecule has 44 nitrogen and oxygen atoms in total. The second kappa shape index (κ2) is 26.8. The number of hydrogen-bond acceptors (Lipinski definition) is 44. The highest BCUT2D eigenvalue weighted by Crippen LogP contribution is 2.61. The van der Waals surface area contributed by atoms with Crippen molar-refractivity contribution in [1.82, 2.24) is 0 Å². The molecule has 112 heavy (non-hydrogen) atoms. The number of benzene rings is 8. The standard InChI is InChI=1S/C68H48O44/c69-9-26-44(85)55-57(67(104-26)111-59(95)11-1-18(70)37(78)19(71)2-11)110-66(102)36-34(32-16(62(98)107-55)7-24(76)42(83)49(32)90)51(92)53(94)52(93)35(36)33-17(8-25(77)43(84)50(33)91)65(101)112-68-58-56(108-63(99)14-5-22(74)40(81)47(88)30(14)31-15(64(100)109-58)6-23(75)41(82)48(31)89)54-27(105-68)10-103-60(96)12-3-20(72)38(79)45(86)28(12)29-13(61(97)106-54)4-21(73)39(80)46(29)87/h1-8,26-27,44,54-58,67-94H,9-10H2/t26-,27-,44-,54-,55+,56+,57-,58-,67+,68+/m1/s1. The molecule has 5 heterocycles. The first-order valence-corrected chi connectivity index (χ1v) is 31.2. The van der Waals surface area contributed by atoms with Gasteiger partial charge in [-0.3, -0.25) is 0 Å². The van der Waals surface area contributed by atoms with Gasteiger partial charge in [0.2, 0.25) is 65.0 Å². The minimum Gasteiger partial charge on any atom is -0.504 e. The van der Waals surface area contributed by atoms with Crippen LogP contribution in [0.3, 0.4) is 0 Å². The molecular formula is C68H48O44. The zero-order chi connectivity index (χ0) is 81.6. The maximum absolute atomic E-state index is 15.8. The molecule has 0 amide bonds. The molecule has 0 saturated carbocycles. The van der Waals surface area contributed by atoms with Gasteiger partial charge < -0.3 is 180 Å². The Bertz CT molecular complexity index is 5520. The lowest BCUT2D eigenvalue weighted by atomic mass is 9.84. The van der Waals surface area contributed by atoms with Crippen LogP contribution in [-0.2, 0) is 47.4 Å². The van der Waals surface area contributed by atoms with Crippen molar-refractivity contribution < 1.29 is 218 Å². The molecule has 8 aromatic rings. The van der Waals surface area contributed by atoms with E-state index >= 15 is 24.0 Å². The average molecular weight is 1570 g/mol. The van der Waals surface area contributed by atoms with Crippen LogP contribution in [0.15, 0.2) is 48.5 Å². The van der Waals surface area contributed by atoms with Crippen LogP contribution in [0.5, 0.6) is 138 Å². The molecule has 0 bridgehead atoms. The molecule has 44 heteroatoms. The lowest BCUT2D eigenvalue weighted by Gasteiger charge is -2.44. The van der Waals surface area contributed by atoms with Crippen LogP contribution < -0.4 is 0 Å². The van der Waals surface area contributed by atoms with Crippen molar-refractivity contribution >= 4 is 47.8 Å². The number of phenols is 24. The average Bonchev–Trinajstić information content (AvgIpc) is 0.752. The summed E-state index contributed by atoms with van der Waals surface area (Å²) in [4.78, 5) is 120. The van der Waals surface area contributed by atoms with Crippen LogP contribution in [0.25, 0.3) is 44.5 Å². The fourth-order valence-electron chi connectivity index (χ4n) is 12.9. The van der Waals surface area contributed by atoms with Gasteiger partial charge in [0.25, 0.3) is 0 Å². The van der Waals surface area contributed by atoms with Crippen molar-refractivity contribution in [3.05, 3.63) is 93.0 Å². The van der Waals surface area contributed by atoms with Crippen LogP contribution >= 0.6 is 0 Å². The molecule has 2 fully saturated rings. The van der Waals surface area contributed by atoms with Crippen molar-refractivity contribution in [2.45, 2.75) is 61.4 Å². The molecule has 0 aliphatic carbocycles. The van der Waals surface area contributed by atoms with Crippen molar-refractivity contribution in [2.75, 3.05) is 13.2 Å². The zero-order valence-electron chi connectivity index (χ0n) is 54.8. The molecule has 5 aliphatic heterocycles. The second-order valence-electron chi connectivity index (χ2n) is 24.6. The van der Waals surface area contributed by atoms with Gasteiger partial charge in [-0.05, 0) is 48.5 Å². The third-order valence-corrected chi connectivity index (χ3v) is 18.2. The molecule has 5 aliphatic rings. The molecule has 26 N–H and O–H groups in total. The monoisotopic (exact) mass is 1570 g/mol. The van der Waals surface area contributed by atoms with E-state index in [9.17, 15) is 147 Å². The van der Waals surface area contributed by atoms with E-state index in [1.807, 2.05) is 0 Å². The van der Waals surface area contributed by atoms with Crippen LogP contribution in [0.2, 0.25) is 0 Å². The van der Waals surface area contributed by atoms with Gasteiger partial charge in [-0.25, -0.2) is 38.4 Å². The van der Waals surface area contributed by atoms with Crippen LogP contribution in [0.4, 0.5) is 0 Å². The summed E-state index contributed by atoms with van der Waals surface area (Å²) >= 11 is 0. The van der Waals surface area contributed by atoms with Crippen molar-refractivity contribution in [2.24, 2.45) is 0 Å². The summed E-state index contributed by atoms with van der Waals surface area (Å²) < 4.78 is 56.6. The number of aromatic hydroxyl groups is 24.